The van der Waals surface area contributed by atoms with Crippen LogP contribution in [0.1, 0.15) is 16.2 Å². The third kappa shape index (κ3) is 3.17. The topological polar surface area (TPSA) is 81.2 Å². The van der Waals surface area contributed by atoms with Crippen molar-refractivity contribution in [2.24, 2.45) is 0 Å². The van der Waals surface area contributed by atoms with Crippen molar-refractivity contribution >= 4 is 17.5 Å². The van der Waals surface area contributed by atoms with Crippen LogP contribution in [0, 0.1) is 0 Å². The average molecular weight is 318 g/mol. The molecule has 0 radical (unpaired) electrons. The van der Waals surface area contributed by atoms with Gasteiger partial charge in [0.1, 0.15) is 0 Å². The van der Waals surface area contributed by atoms with Crippen LogP contribution in [0.4, 0.5) is 0 Å². The minimum absolute atomic E-state index is 0.239. The zero-order valence-corrected chi connectivity index (χ0v) is 12.2. The molecule has 0 saturated carbocycles. The van der Waals surface area contributed by atoms with Crippen LogP contribution in [0.25, 0.3) is 11.6 Å². The molecule has 0 fully saturated rings. The van der Waals surface area contributed by atoms with E-state index in [0.29, 0.717) is 41.0 Å². The third-order valence-electron chi connectivity index (χ3n) is 2.95. The first kappa shape index (κ1) is 14.3. The molecule has 22 heavy (non-hydrogen) atoms. The molecule has 0 aliphatic heterocycles. The van der Waals surface area contributed by atoms with Crippen LogP contribution in [-0.2, 0) is 6.42 Å². The molecule has 0 unspecified atom stereocenters. The fourth-order valence-electron chi connectivity index (χ4n) is 1.89. The average Bonchev–Trinajstić information content (AvgIpc) is 3.18. The number of carbonyl (C=O) groups excluding carboxylic acids is 1. The Morgan fingerprint density at radius 1 is 1.23 bits per heavy atom. The number of benzene rings is 1. The van der Waals surface area contributed by atoms with Gasteiger partial charge < -0.3 is 14.3 Å². The number of carbonyl (C=O) groups is 1. The van der Waals surface area contributed by atoms with Crippen molar-refractivity contribution in [1.82, 2.24) is 15.5 Å². The molecule has 1 amide bonds. The second-order valence-electron chi connectivity index (χ2n) is 4.47. The molecule has 0 spiro atoms. The summed E-state index contributed by atoms with van der Waals surface area (Å²) < 4.78 is 10.3. The van der Waals surface area contributed by atoms with Crippen LogP contribution in [0.15, 0.2) is 51.6 Å². The first-order valence-corrected chi connectivity index (χ1v) is 7.01. The van der Waals surface area contributed by atoms with Gasteiger partial charge in [-0.2, -0.15) is 4.98 Å². The summed E-state index contributed by atoms with van der Waals surface area (Å²) in [5, 5.41) is 6.99. The van der Waals surface area contributed by atoms with Gasteiger partial charge in [0.25, 0.3) is 5.91 Å². The maximum atomic E-state index is 12.0. The number of aromatic nitrogens is 2. The van der Waals surface area contributed by atoms with E-state index in [1.54, 1.807) is 36.4 Å². The maximum Gasteiger partial charge on any atom is 0.252 e. The molecular formula is C15H12ClN3O3. The van der Waals surface area contributed by atoms with Gasteiger partial charge >= 0.3 is 0 Å². The first-order chi connectivity index (χ1) is 10.7. The Labute approximate surface area is 131 Å². The number of rotatable bonds is 5. The van der Waals surface area contributed by atoms with E-state index in [1.165, 1.54) is 6.26 Å². The molecule has 112 valence electrons. The zero-order chi connectivity index (χ0) is 15.4. The minimum Gasteiger partial charge on any atom is -0.461 e. The van der Waals surface area contributed by atoms with E-state index in [0.717, 1.165) is 0 Å². The summed E-state index contributed by atoms with van der Waals surface area (Å²) in [7, 11) is 0. The maximum absolute atomic E-state index is 12.0. The summed E-state index contributed by atoms with van der Waals surface area (Å²) in [5.41, 5.74) is 0.436. The number of amides is 1. The molecule has 3 rings (SSSR count). The van der Waals surface area contributed by atoms with E-state index in [-0.39, 0.29) is 5.91 Å². The summed E-state index contributed by atoms with van der Waals surface area (Å²) in [6.07, 6.45) is 1.96. The van der Waals surface area contributed by atoms with E-state index in [2.05, 4.69) is 15.5 Å². The van der Waals surface area contributed by atoms with Gasteiger partial charge in [0, 0.05) is 13.0 Å². The highest BCUT2D eigenvalue weighted by Gasteiger charge is 2.12. The van der Waals surface area contributed by atoms with E-state index in [4.69, 9.17) is 20.5 Å². The first-order valence-electron chi connectivity index (χ1n) is 6.63. The van der Waals surface area contributed by atoms with E-state index < -0.39 is 0 Å². The van der Waals surface area contributed by atoms with Crippen molar-refractivity contribution < 1.29 is 13.7 Å². The van der Waals surface area contributed by atoms with E-state index >= 15 is 0 Å². The van der Waals surface area contributed by atoms with Gasteiger partial charge in [-0.15, -0.1) is 0 Å². The van der Waals surface area contributed by atoms with Gasteiger partial charge in [-0.3, -0.25) is 4.79 Å². The number of furan rings is 1. The van der Waals surface area contributed by atoms with E-state index in [1.807, 2.05) is 0 Å². The van der Waals surface area contributed by atoms with Gasteiger partial charge in [0.05, 0.1) is 16.8 Å². The molecule has 6 nitrogen and oxygen atoms in total. The Morgan fingerprint density at radius 3 is 2.86 bits per heavy atom. The Hall–Kier alpha value is -2.60. The van der Waals surface area contributed by atoms with Crippen molar-refractivity contribution in [2.45, 2.75) is 6.42 Å². The van der Waals surface area contributed by atoms with Gasteiger partial charge in [-0.25, -0.2) is 0 Å². The summed E-state index contributed by atoms with van der Waals surface area (Å²) in [5.74, 6) is 1.11. The highest BCUT2D eigenvalue weighted by Crippen LogP contribution is 2.16. The lowest BCUT2D eigenvalue weighted by atomic mass is 10.2. The molecule has 2 aromatic heterocycles. The Kier molecular flexibility index (Phi) is 4.20. The fourth-order valence-corrected chi connectivity index (χ4v) is 2.11. The van der Waals surface area contributed by atoms with Crippen LogP contribution in [0.3, 0.4) is 0 Å². The van der Waals surface area contributed by atoms with Crippen LogP contribution in [0.5, 0.6) is 0 Å². The second kappa shape index (κ2) is 6.44. The number of halogens is 1. The molecular weight excluding hydrogens is 306 g/mol. The van der Waals surface area contributed by atoms with Crippen molar-refractivity contribution in [1.29, 1.82) is 0 Å². The van der Waals surface area contributed by atoms with Crippen molar-refractivity contribution in [3.63, 3.8) is 0 Å². The number of hydrogen-bond acceptors (Lipinski definition) is 5. The molecule has 1 N–H and O–H groups in total. The lowest BCUT2D eigenvalue weighted by molar-refractivity contribution is 0.0953. The zero-order valence-electron chi connectivity index (χ0n) is 11.5. The molecule has 0 atom stereocenters. The van der Waals surface area contributed by atoms with Crippen LogP contribution < -0.4 is 5.32 Å². The highest BCUT2D eigenvalue weighted by molar-refractivity contribution is 6.33. The standard InChI is InChI=1S/C15H12ClN3O3/c16-11-5-2-1-4-10(11)15(20)17-8-7-13-18-14(19-22-13)12-6-3-9-21-12/h1-6,9H,7-8H2,(H,17,20). The lowest BCUT2D eigenvalue weighted by Gasteiger charge is -2.04. The predicted octanol–water partition coefficient (Wildman–Crippen LogP) is 2.96. The molecule has 1 aromatic carbocycles. The second-order valence-corrected chi connectivity index (χ2v) is 4.88. The summed E-state index contributed by atoms with van der Waals surface area (Å²) in [6, 6.07) is 10.4. The Morgan fingerprint density at radius 2 is 2.09 bits per heavy atom. The molecule has 0 aliphatic rings. The molecule has 0 saturated heterocycles. The molecule has 2 heterocycles. The van der Waals surface area contributed by atoms with Crippen molar-refractivity contribution in [3.05, 3.63) is 59.1 Å². The summed E-state index contributed by atoms with van der Waals surface area (Å²) >= 11 is 5.96. The SMILES string of the molecule is O=C(NCCc1nc(-c2ccco2)no1)c1ccccc1Cl. The normalized spacial score (nSPS) is 10.6. The van der Waals surface area contributed by atoms with Gasteiger partial charge in [-0.1, -0.05) is 28.9 Å². The monoisotopic (exact) mass is 317 g/mol. The molecule has 7 heteroatoms. The third-order valence-corrected chi connectivity index (χ3v) is 3.28. The largest absolute Gasteiger partial charge is 0.461 e. The molecule has 3 aromatic rings. The minimum atomic E-state index is -0.239. The summed E-state index contributed by atoms with van der Waals surface area (Å²) in [6.45, 7) is 0.365. The van der Waals surface area contributed by atoms with Crippen LogP contribution >= 0.6 is 11.6 Å². The van der Waals surface area contributed by atoms with Crippen molar-refractivity contribution in [2.75, 3.05) is 6.54 Å². The molecule has 0 aliphatic carbocycles. The van der Waals surface area contributed by atoms with Crippen LogP contribution in [-0.4, -0.2) is 22.6 Å². The summed E-state index contributed by atoms with van der Waals surface area (Å²) in [4.78, 5) is 16.2. The number of nitrogens with one attached hydrogen (secondary N) is 1. The van der Waals surface area contributed by atoms with Crippen molar-refractivity contribution in [3.8, 4) is 11.6 Å². The number of hydrogen-bond donors (Lipinski definition) is 1. The predicted molar refractivity (Wildman–Crippen MR) is 79.5 cm³/mol. The smallest absolute Gasteiger partial charge is 0.252 e. The van der Waals surface area contributed by atoms with E-state index in [9.17, 15) is 4.79 Å². The van der Waals surface area contributed by atoms with Gasteiger partial charge in [0.2, 0.25) is 11.7 Å². The van der Waals surface area contributed by atoms with Gasteiger partial charge in [0.15, 0.2) is 5.76 Å². The van der Waals surface area contributed by atoms with Crippen LogP contribution in [0.2, 0.25) is 5.02 Å². The number of nitrogens with zero attached hydrogens (tertiary/aromatic N) is 2. The Bertz CT molecular complexity index is 768. The lowest BCUT2D eigenvalue weighted by Crippen LogP contribution is -2.26. The Balaban J connectivity index is 1.55. The quantitative estimate of drug-likeness (QED) is 0.782. The fraction of sp³-hybridized carbons (Fsp3) is 0.133. The van der Waals surface area contributed by atoms with Gasteiger partial charge in [-0.05, 0) is 24.3 Å². The molecule has 0 bridgehead atoms. The highest BCUT2D eigenvalue weighted by atomic mass is 35.5.